The smallest absolute Gasteiger partial charge is 0.341 e. The Morgan fingerprint density at radius 2 is 2.00 bits per heavy atom. The van der Waals surface area contributed by atoms with Crippen LogP contribution in [0.3, 0.4) is 0 Å². The van der Waals surface area contributed by atoms with Crippen molar-refractivity contribution in [3.8, 4) is 0 Å². The first-order valence-corrected chi connectivity index (χ1v) is 6.05. The molecule has 3 N–H and O–H groups in total. The van der Waals surface area contributed by atoms with Gasteiger partial charge in [-0.1, -0.05) is 0 Å². The molecule has 1 rings (SSSR count). The number of rotatable bonds is 6. The number of benzene rings is 1. The van der Waals surface area contributed by atoms with Crippen molar-refractivity contribution in [3.63, 3.8) is 0 Å². The minimum atomic E-state index is -1.11. The maximum absolute atomic E-state index is 13.4. The summed E-state index contributed by atoms with van der Waals surface area (Å²) in [5.74, 6) is -3.76. The number of hydrogen-bond donors (Lipinski definition) is 2. The molecule has 0 heterocycles. The van der Waals surface area contributed by atoms with Crippen molar-refractivity contribution in [1.82, 2.24) is 5.32 Å². The number of hydrogen-bond acceptors (Lipinski definition) is 5. The van der Waals surface area contributed by atoms with Crippen molar-refractivity contribution in [3.05, 3.63) is 29.3 Å². The predicted octanol–water partition coefficient (Wildman–Crippen LogP) is 0.855. The van der Waals surface area contributed by atoms with Gasteiger partial charge in [-0.05, 0) is 13.0 Å². The second kappa shape index (κ2) is 7.53. The number of halogens is 2. The van der Waals surface area contributed by atoms with Crippen LogP contribution in [0.4, 0.5) is 14.5 Å². The molecule has 0 saturated heterocycles. The molecule has 0 aliphatic carbocycles. The number of ether oxygens (including phenoxy) is 2. The van der Waals surface area contributed by atoms with Gasteiger partial charge in [-0.25, -0.2) is 13.6 Å². The van der Waals surface area contributed by atoms with Crippen molar-refractivity contribution in [2.75, 3.05) is 26.1 Å². The van der Waals surface area contributed by atoms with E-state index in [0.29, 0.717) is 12.7 Å². The fraction of sp³-hybridized carbons (Fsp3) is 0.385. The lowest BCUT2D eigenvalue weighted by Gasteiger charge is -2.13. The Balaban J connectivity index is 2.58. The highest BCUT2D eigenvalue weighted by Crippen LogP contribution is 2.17. The van der Waals surface area contributed by atoms with Gasteiger partial charge in [-0.15, -0.1) is 0 Å². The van der Waals surface area contributed by atoms with E-state index >= 15 is 0 Å². The normalized spacial score (nSPS) is 11.8. The maximum Gasteiger partial charge on any atom is 0.341 e. The van der Waals surface area contributed by atoms with Gasteiger partial charge in [-0.3, -0.25) is 4.79 Å². The Labute approximate surface area is 120 Å². The predicted molar refractivity (Wildman–Crippen MR) is 70.5 cm³/mol. The van der Waals surface area contributed by atoms with E-state index < -0.39 is 35.7 Å². The first-order valence-electron chi connectivity index (χ1n) is 6.05. The molecule has 8 heteroatoms. The highest BCUT2D eigenvalue weighted by molar-refractivity contribution is 5.92. The number of anilines is 1. The van der Waals surface area contributed by atoms with Crippen molar-refractivity contribution < 1.29 is 27.8 Å². The van der Waals surface area contributed by atoms with Gasteiger partial charge in [-0.2, -0.15) is 0 Å². The van der Waals surface area contributed by atoms with Gasteiger partial charge in [0, 0.05) is 19.2 Å². The number of nitrogens with two attached hydrogens (primary N) is 1. The van der Waals surface area contributed by atoms with E-state index in [1.165, 1.54) is 7.11 Å². The topological polar surface area (TPSA) is 90.6 Å². The standard InChI is InChI=1S/C13H16F2N2O4/c1-7(5-20-2)17-12(18)6-21-13(19)8-3-11(16)10(15)4-9(8)14/h3-4,7H,5-6,16H2,1-2H3,(H,17,18). The third-order valence-corrected chi connectivity index (χ3v) is 2.46. The summed E-state index contributed by atoms with van der Waals surface area (Å²) in [4.78, 5) is 23.0. The summed E-state index contributed by atoms with van der Waals surface area (Å²) in [6.07, 6.45) is 0. The average molecular weight is 302 g/mol. The van der Waals surface area contributed by atoms with E-state index in [4.69, 9.17) is 10.5 Å². The molecule has 116 valence electrons. The van der Waals surface area contributed by atoms with Crippen LogP contribution in [0.15, 0.2) is 12.1 Å². The van der Waals surface area contributed by atoms with Crippen LogP contribution in [0.25, 0.3) is 0 Å². The summed E-state index contributed by atoms with van der Waals surface area (Å²) < 4.78 is 35.8. The van der Waals surface area contributed by atoms with E-state index in [1.54, 1.807) is 6.92 Å². The second-order valence-corrected chi connectivity index (χ2v) is 4.35. The number of carbonyl (C=O) groups excluding carboxylic acids is 2. The Hall–Kier alpha value is -2.22. The summed E-state index contributed by atoms with van der Waals surface area (Å²) >= 11 is 0. The molecular formula is C13H16F2N2O4. The molecule has 21 heavy (non-hydrogen) atoms. The fourth-order valence-corrected chi connectivity index (χ4v) is 1.54. The van der Waals surface area contributed by atoms with Gasteiger partial charge in [0.05, 0.1) is 17.9 Å². The number of nitrogen functional groups attached to an aromatic ring is 1. The summed E-state index contributed by atoms with van der Waals surface area (Å²) in [6, 6.07) is 1.03. The zero-order valence-corrected chi connectivity index (χ0v) is 11.6. The van der Waals surface area contributed by atoms with E-state index in [2.05, 4.69) is 10.1 Å². The van der Waals surface area contributed by atoms with E-state index in [9.17, 15) is 18.4 Å². The van der Waals surface area contributed by atoms with Crippen molar-refractivity contribution in [2.24, 2.45) is 0 Å². The average Bonchev–Trinajstić information content (AvgIpc) is 2.40. The molecule has 0 aliphatic rings. The Morgan fingerprint density at radius 1 is 1.33 bits per heavy atom. The van der Waals surface area contributed by atoms with Crippen LogP contribution in [-0.4, -0.2) is 38.2 Å². The number of amides is 1. The Kier molecular flexibility index (Phi) is 6.04. The molecule has 0 saturated carbocycles. The number of methoxy groups -OCH3 is 1. The molecular weight excluding hydrogens is 286 g/mol. The summed E-state index contributed by atoms with van der Waals surface area (Å²) in [6.45, 7) is 1.40. The highest BCUT2D eigenvalue weighted by Gasteiger charge is 2.18. The number of nitrogens with one attached hydrogen (secondary N) is 1. The van der Waals surface area contributed by atoms with Gasteiger partial charge in [0.25, 0.3) is 5.91 Å². The summed E-state index contributed by atoms with van der Waals surface area (Å²) in [7, 11) is 1.48. The SMILES string of the molecule is COCC(C)NC(=O)COC(=O)c1cc(N)c(F)cc1F. The fourth-order valence-electron chi connectivity index (χ4n) is 1.54. The van der Waals surface area contributed by atoms with Crippen LogP contribution in [0.2, 0.25) is 0 Å². The van der Waals surface area contributed by atoms with Crippen molar-refractivity contribution in [2.45, 2.75) is 13.0 Å². The minimum Gasteiger partial charge on any atom is -0.452 e. The first kappa shape index (κ1) is 16.8. The molecule has 0 spiro atoms. The molecule has 1 aromatic rings. The lowest BCUT2D eigenvalue weighted by Crippen LogP contribution is -2.38. The Bertz CT molecular complexity index is 537. The summed E-state index contributed by atoms with van der Waals surface area (Å²) in [5, 5.41) is 2.50. The van der Waals surface area contributed by atoms with Crippen LogP contribution in [0.1, 0.15) is 17.3 Å². The second-order valence-electron chi connectivity index (χ2n) is 4.35. The van der Waals surface area contributed by atoms with Crippen molar-refractivity contribution in [1.29, 1.82) is 0 Å². The zero-order valence-electron chi connectivity index (χ0n) is 11.6. The molecule has 1 aromatic carbocycles. The van der Waals surface area contributed by atoms with Crippen LogP contribution in [0, 0.1) is 11.6 Å². The van der Waals surface area contributed by atoms with Crippen LogP contribution < -0.4 is 11.1 Å². The third-order valence-electron chi connectivity index (χ3n) is 2.46. The van der Waals surface area contributed by atoms with Gasteiger partial charge in [0.2, 0.25) is 0 Å². The molecule has 1 atom stereocenters. The molecule has 0 aromatic heterocycles. The maximum atomic E-state index is 13.4. The van der Waals surface area contributed by atoms with E-state index in [0.717, 1.165) is 6.07 Å². The van der Waals surface area contributed by atoms with Gasteiger partial charge in [0.15, 0.2) is 6.61 Å². The Morgan fingerprint density at radius 3 is 2.62 bits per heavy atom. The van der Waals surface area contributed by atoms with Crippen LogP contribution in [0.5, 0.6) is 0 Å². The molecule has 0 fully saturated rings. The van der Waals surface area contributed by atoms with Gasteiger partial charge >= 0.3 is 5.97 Å². The molecule has 0 radical (unpaired) electrons. The lowest BCUT2D eigenvalue weighted by atomic mass is 10.2. The zero-order chi connectivity index (χ0) is 16.0. The highest BCUT2D eigenvalue weighted by atomic mass is 19.1. The third kappa shape index (κ3) is 4.99. The molecule has 0 aliphatic heterocycles. The van der Waals surface area contributed by atoms with E-state index in [-0.39, 0.29) is 11.7 Å². The lowest BCUT2D eigenvalue weighted by molar-refractivity contribution is -0.125. The largest absolute Gasteiger partial charge is 0.452 e. The first-order chi connectivity index (χ1) is 9.85. The van der Waals surface area contributed by atoms with Crippen LogP contribution >= 0.6 is 0 Å². The molecule has 0 bridgehead atoms. The van der Waals surface area contributed by atoms with Gasteiger partial charge < -0.3 is 20.5 Å². The van der Waals surface area contributed by atoms with Gasteiger partial charge in [0.1, 0.15) is 11.6 Å². The molecule has 1 amide bonds. The minimum absolute atomic E-state index is 0.264. The quantitative estimate of drug-likeness (QED) is 0.600. The van der Waals surface area contributed by atoms with E-state index in [1.807, 2.05) is 0 Å². The number of carbonyl (C=O) groups is 2. The molecule has 6 nitrogen and oxygen atoms in total. The number of esters is 1. The summed E-state index contributed by atoms with van der Waals surface area (Å²) in [5.41, 5.74) is 4.32. The molecule has 1 unspecified atom stereocenters. The van der Waals surface area contributed by atoms with Crippen molar-refractivity contribution >= 4 is 17.6 Å². The monoisotopic (exact) mass is 302 g/mol. The van der Waals surface area contributed by atoms with Crippen LogP contribution in [-0.2, 0) is 14.3 Å².